The van der Waals surface area contributed by atoms with Crippen molar-refractivity contribution >= 4 is 16.9 Å². The highest BCUT2D eigenvalue weighted by molar-refractivity contribution is 5.83. The summed E-state index contributed by atoms with van der Waals surface area (Å²) in [4.78, 5) is 22.8. The summed E-state index contributed by atoms with van der Waals surface area (Å²) in [6.45, 7) is 3.64. The average Bonchev–Trinajstić information content (AvgIpc) is 3.12. The lowest BCUT2D eigenvalue weighted by Gasteiger charge is -2.34. The zero-order valence-electron chi connectivity index (χ0n) is 14.5. The molecule has 1 aromatic carbocycles. The average molecular weight is 333 g/mol. The number of hydrogen-bond donors (Lipinski definition) is 1. The van der Waals surface area contributed by atoms with Crippen molar-refractivity contribution in [1.29, 1.82) is 0 Å². The second kappa shape index (κ2) is 6.71. The summed E-state index contributed by atoms with van der Waals surface area (Å²) >= 11 is 0. The van der Waals surface area contributed by atoms with E-state index in [1.165, 1.54) is 5.69 Å². The molecule has 1 amide bonds. The minimum atomic E-state index is -0.0932. The maximum Gasteiger partial charge on any atom is 0.229 e. The summed E-state index contributed by atoms with van der Waals surface area (Å²) in [7, 11) is 0. The van der Waals surface area contributed by atoms with Crippen molar-refractivity contribution in [2.24, 2.45) is 0 Å². The second-order valence-corrected chi connectivity index (χ2v) is 6.92. The van der Waals surface area contributed by atoms with E-state index < -0.39 is 0 Å². The van der Waals surface area contributed by atoms with Crippen LogP contribution in [0.4, 0.5) is 0 Å². The SMILES string of the molecule is C[C@H](C(=O)N1CCC[C@@H](c2cc3cccnc3[nH]2)C1)c1ccccc1. The number of fused-ring (bicyclic) bond motifs is 1. The number of carbonyl (C=O) groups is 1. The van der Waals surface area contributed by atoms with E-state index in [0.29, 0.717) is 5.92 Å². The Kier molecular flexibility index (Phi) is 4.26. The molecule has 128 valence electrons. The molecule has 0 radical (unpaired) electrons. The first-order valence-corrected chi connectivity index (χ1v) is 9.00. The first kappa shape index (κ1) is 15.9. The van der Waals surface area contributed by atoms with E-state index >= 15 is 0 Å². The van der Waals surface area contributed by atoms with Crippen LogP contribution in [0.2, 0.25) is 0 Å². The number of pyridine rings is 1. The summed E-state index contributed by atoms with van der Waals surface area (Å²) in [5.74, 6) is 0.490. The Balaban J connectivity index is 1.51. The Bertz CT molecular complexity index is 838. The lowest BCUT2D eigenvalue weighted by Crippen LogP contribution is -2.41. The maximum atomic E-state index is 13.0. The first-order chi connectivity index (χ1) is 12.2. The molecule has 1 fully saturated rings. The Hall–Kier alpha value is -2.62. The molecule has 4 nitrogen and oxygen atoms in total. The predicted octanol–water partition coefficient (Wildman–Crippen LogP) is 4.07. The van der Waals surface area contributed by atoms with Gasteiger partial charge in [-0.1, -0.05) is 30.3 Å². The molecule has 4 heteroatoms. The van der Waals surface area contributed by atoms with Gasteiger partial charge in [0.1, 0.15) is 5.65 Å². The van der Waals surface area contributed by atoms with Crippen LogP contribution < -0.4 is 0 Å². The second-order valence-electron chi connectivity index (χ2n) is 6.92. The molecule has 3 heterocycles. The van der Waals surface area contributed by atoms with Crippen LogP contribution in [0.3, 0.4) is 0 Å². The van der Waals surface area contributed by atoms with Crippen molar-refractivity contribution in [2.45, 2.75) is 31.6 Å². The standard InChI is InChI=1S/C21H23N3O/c1-15(16-7-3-2-4-8-16)21(25)24-12-6-10-18(14-24)19-13-17-9-5-11-22-20(17)23-19/h2-5,7-9,11,13,15,18H,6,10,12,14H2,1H3,(H,22,23)/t15-,18+/m0/s1. The van der Waals surface area contributed by atoms with Crippen LogP contribution in [-0.2, 0) is 4.79 Å². The molecule has 2 atom stereocenters. The zero-order chi connectivity index (χ0) is 17.2. The van der Waals surface area contributed by atoms with Crippen molar-refractivity contribution in [3.05, 3.63) is 66.0 Å². The van der Waals surface area contributed by atoms with Crippen LogP contribution in [0, 0.1) is 0 Å². The maximum absolute atomic E-state index is 13.0. The van der Waals surface area contributed by atoms with Crippen molar-refractivity contribution in [1.82, 2.24) is 14.9 Å². The van der Waals surface area contributed by atoms with Crippen LogP contribution >= 0.6 is 0 Å². The van der Waals surface area contributed by atoms with Gasteiger partial charge in [0.05, 0.1) is 5.92 Å². The van der Waals surface area contributed by atoms with Crippen LogP contribution in [-0.4, -0.2) is 33.9 Å². The first-order valence-electron chi connectivity index (χ1n) is 9.00. The molecule has 1 aliphatic rings. The molecular formula is C21H23N3O. The molecular weight excluding hydrogens is 310 g/mol. The zero-order valence-corrected chi connectivity index (χ0v) is 14.5. The normalized spacial score (nSPS) is 19.1. The van der Waals surface area contributed by atoms with Gasteiger partial charge in [-0.2, -0.15) is 0 Å². The van der Waals surface area contributed by atoms with Crippen LogP contribution in [0.1, 0.15) is 42.9 Å². The van der Waals surface area contributed by atoms with Crippen molar-refractivity contribution in [3.8, 4) is 0 Å². The van der Waals surface area contributed by atoms with E-state index in [-0.39, 0.29) is 11.8 Å². The molecule has 25 heavy (non-hydrogen) atoms. The van der Waals surface area contributed by atoms with E-state index in [1.54, 1.807) is 6.20 Å². The molecule has 0 saturated carbocycles. The highest BCUT2D eigenvalue weighted by Crippen LogP contribution is 2.30. The lowest BCUT2D eigenvalue weighted by atomic mass is 9.92. The monoisotopic (exact) mass is 333 g/mol. The summed E-state index contributed by atoms with van der Waals surface area (Å²) in [6, 6.07) is 16.3. The Morgan fingerprint density at radius 2 is 2.08 bits per heavy atom. The fraction of sp³-hybridized carbons (Fsp3) is 0.333. The van der Waals surface area contributed by atoms with E-state index in [4.69, 9.17) is 0 Å². The third-order valence-corrected chi connectivity index (χ3v) is 5.26. The number of rotatable bonds is 3. The van der Waals surface area contributed by atoms with Gasteiger partial charge in [-0.3, -0.25) is 4.79 Å². The summed E-state index contributed by atoms with van der Waals surface area (Å²) < 4.78 is 0. The minimum absolute atomic E-state index is 0.0932. The van der Waals surface area contributed by atoms with Gasteiger partial charge in [0, 0.05) is 36.3 Å². The third kappa shape index (κ3) is 3.16. The number of likely N-dealkylation sites (tertiary alicyclic amines) is 1. The molecule has 2 aromatic heterocycles. The molecule has 1 saturated heterocycles. The number of nitrogens with zero attached hydrogens (tertiary/aromatic N) is 2. The largest absolute Gasteiger partial charge is 0.343 e. The number of aromatic nitrogens is 2. The molecule has 0 unspecified atom stereocenters. The van der Waals surface area contributed by atoms with Crippen LogP contribution in [0.25, 0.3) is 11.0 Å². The minimum Gasteiger partial charge on any atom is -0.343 e. The van der Waals surface area contributed by atoms with Gasteiger partial charge in [0.15, 0.2) is 0 Å². The summed E-state index contributed by atoms with van der Waals surface area (Å²) in [5.41, 5.74) is 3.21. The van der Waals surface area contributed by atoms with Crippen LogP contribution in [0.5, 0.6) is 0 Å². The van der Waals surface area contributed by atoms with Crippen molar-refractivity contribution in [2.75, 3.05) is 13.1 Å². The molecule has 1 aliphatic heterocycles. The topological polar surface area (TPSA) is 49.0 Å². The van der Waals surface area contributed by atoms with Gasteiger partial charge in [-0.15, -0.1) is 0 Å². The molecule has 1 N–H and O–H groups in total. The molecule has 3 aromatic rings. The number of hydrogen-bond acceptors (Lipinski definition) is 2. The van der Waals surface area contributed by atoms with Gasteiger partial charge >= 0.3 is 0 Å². The fourth-order valence-electron chi connectivity index (χ4n) is 3.79. The number of piperidine rings is 1. The Labute approximate surface area is 147 Å². The van der Waals surface area contributed by atoms with Crippen molar-refractivity contribution < 1.29 is 4.79 Å². The number of amides is 1. The van der Waals surface area contributed by atoms with E-state index in [1.807, 2.05) is 48.2 Å². The summed E-state index contributed by atoms with van der Waals surface area (Å²) in [5, 5.41) is 1.14. The van der Waals surface area contributed by atoms with Gasteiger partial charge in [0.2, 0.25) is 5.91 Å². The Morgan fingerprint density at radius 3 is 2.88 bits per heavy atom. The Morgan fingerprint density at radius 1 is 1.24 bits per heavy atom. The van der Waals surface area contributed by atoms with E-state index in [9.17, 15) is 4.79 Å². The number of aromatic amines is 1. The smallest absolute Gasteiger partial charge is 0.229 e. The number of benzene rings is 1. The van der Waals surface area contributed by atoms with E-state index in [2.05, 4.69) is 22.1 Å². The third-order valence-electron chi connectivity index (χ3n) is 5.26. The van der Waals surface area contributed by atoms with Crippen molar-refractivity contribution in [3.63, 3.8) is 0 Å². The molecule has 4 rings (SSSR count). The fourth-order valence-corrected chi connectivity index (χ4v) is 3.79. The quantitative estimate of drug-likeness (QED) is 0.785. The highest BCUT2D eigenvalue weighted by atomic mass is 16.2. The molecule has 0 spiro atoms. The van der Waals surface area contributed by atoms with Crippen LogP contribution in [0.15, 0.2) is 54.7 Å². The van der Waals surface area contributed by atoms with Gasteiger partial charge < -0.3 is 9.88 Å². The number of carbonyl (C=O) groups excluding carboxylic acids is 1. The predicted molar refractivity (Wildman–Crippen MR) is 99.5 cm³/mol. The lowest BCUT2D eigenvalue weighted by molar-refractivity contribution is -0.133. The molecule has 0 bridgehead atoms. The number of nitrogens with one attached hydrogen (secondary N) is 1. The number of H-pyrrole nitrogens is 1. The van der Waals surface area contributed by atoms with Gasteiger partial charge in [-0.05, 0) is 43.5 Å². The summed E-state index contributed by atoms with van der Waals surface area (Å²) in [6.07, 6.45) is 3.96. The molecule has 0 aliphatic carbocycles. The van der Waals surface area contributed by atoms with Gasteiger partial charge in [-0.25, -0.2) is 4.98 Å². The highest BCUT2D eigenvalue weighted by Gasteiger charge is 2.28. The van der Waals surface area contributed by atoms with E-state index in [0.717, 1.165) is 42.5 Å². The van der Waals surface area contributed by atoms with Gasteiger partial charge in [0.25, 0.3) is 0 Å².